The van der Waals surface area contributed by atoms with Crippen LogP contribution in [0.4, 0.5) is 4.79 Å². The van der Waals surface area contributed by atoms with Gasteiger partial charge in [0.2, 0.25) is 0 Å². The summed E-state index contributed by atoms with van der Waals surface area (Å²) >= 11 is 0. The third kappa shape index (κ3) is 1.88. The zero-order valence-electron chi connectivity index (χ0n) is 7.32. The molecular weight excluding hydrogens is 158 g/mol. The van der Waals surface area contributed by atoms with Crippen LogP contribution in [-0.2, 0) is 4.74 Å². The molecule has 1 fully saturated rings. The van der Waals surface area contributed by atoms with E-state index in [0.717, 1.165) is 25.8 Å². The molecule has 4 heteroatoms. The number of amides is 1. The van der Waals surface area contributed by atoms with Crippen LogP contribution in [-0.4, -0.2) is 35.5 Å². The summed E-state index contributed by atoms with van der Waals surface area (Å²) in [5, 5.41) is 8.39. The van der Waals surface area contributed by atoms with Gasteiger partial charge in [-0.05, 0) is 19.3 Å². The Labute approximate surface area is 72.1 Å². The molecule has 0 aliphatic carbocycles. The second kappa shape index (κ2) is 4.30. The number of aliphatic hydroxyl groups is 1. The minimum absolute atomic E-state index is 0.309. The number of nitrogens with zero attached hydrogens (tertiary/aromatic N) is 1. The third-order valence-electron chi connectivity index (χ3n) is 2.27. The summed E-state index contributed by atoms with van der Waals surface area (Å²) in [6, 6.07) is 0.309. The van der Waals surface area contributed by atoms with Crippen molar-refractivity contribution in [2.24, 2.45) is 0 Å². The number of ether oxygens (including phenoxy) is 1. The average Bonchev–Trinajstić information content (AvgIpc) is 2.51. The van der Waals surface area contributed by atoms with E-state index in [2.05, 4.69) is 11.7 Å². The lowest BCUT2D eigenvalue weighted by atomic mass is 10.2. The summed E-state index contributed by atoms with van der Waals surface area (Å²) in [5.74, 6) is 0. The maximum absolute atomic E-state index is 11.2. The van der Waals surface area contributed by atoms with Crippen LogP contribution in [0, 0.1) is 0 Å². The van der Waals surface area contributed by atoms with Crippen molar-refractivity contribution in [1.29, 1.82) is 0 Å². The van der Waals surface area contributed by atoms with Crippen LogP contribution in [0.1, 0.15) is 26.2 Å². The molecule has 1 aliphatic rings. The van der Waals surface area contributed by atoms with Gasteiger partial charge in [-0.25, -0.2) is 4.79 Å². The lowest BCUT2D eigenvalue weighted by Crippen LogP contribution is -2.35. The molecule has 0 aromatic rings. The zero-order chi connectivity index (χ0) is 8.97. The lowest BCUT2D eigenvalue weighted by Gasteiger charge is -2.21. The number of hydrogen-bond acceptors (Lipinski definition) is 3. The highest BCUT2D eigenvalue weighted by Crippen LogP contribution is 2.20. The fraction of sp³-hybridized carbons (Fsp3) is 0.875. The Morgan fingerprint density at radius 2 is 2.50 bits per heavy atom. The van der Waals surface area contributed by atoms with E-state index in [1.807, 2.05) is 0 Å². The Balaban J connectivity index is 2.43. The molecule has 70 valence electrons. The molecule has 1 rings (SSSR count). The molecule has 1 saturated heterocycles. The molecule has 0 radical (unpaired) electrons. The summed E-state index contributed by atoms with van der Waals surface area (Å²) < 4.78 is 4.50. The first-order chi connectivity index (χ1) is 5.79. The van der Waals surface area contributed by atoms with Crippen molar-refractivity contribution in [1.82, 2.24) is 4.90 Å². The summed E-state index contributed by atoms with van der Waals surface area (Å²) in [4.78, 5) is 12.8. The number of likely N-dealkylation sites (tertiary alicyclic amines) is 1. The van der Waals surface area contributed by atoms with Crippen LogP contribution >= 0.6 is 0 Å². The maximum atomic E-state index is 11.2. The van der Waals surface area contributed by atoms with E-state index in [9.17, 15) is 4.79 Å². The normalized spacial score (nSPS) is 22.8. The van der Waals surface area contributed by atoms with Gasteiger partial charge < -0.3 is 14.7 Å². The smallest absolute Gasteiger partial charge is 0.412 e. The van der Waals surface area contributed by atoms with Gasteiger partial charge in [0, 0.05) is 12.6 Å². The molecule has 0 bridgehead atoms. The minimum atomic E-state index is -0.522. The number of carbonyl (C=O) groups is 1. The molecule has 1 N–H and O–H groups in total. The number of carbonyl (C=O) groups excluding carboxylic acids is 1. The minimum Gasteiger partial charge on any atom is -0.422 e. The van der Waals surface area contributed by atoms with Crippen molar-refractivity contribution in [3.05, 3.63) is 0 Å². The zero-order valence-corrected chi connectivity index (χ0v) is 7.32. The van der Waals surface area contributed by atoms with E-state index in [1.54, 1.807) is 4.90 Å². The summed E-state index contributed by atoms with van der Waals surface area (Å²) in [7, 11) is 0. The molecule has 0 aromatic heterocycles. The molecule has 1 amide bonds. The Morgan fingerprint density at radius 1 is 1.75 bits per heavy atom. The first kappa shape index (κ1) is 9.32. The van der Waals surface area contributed by atoms with Gasteiger partial charge in [-0.3, -0.25) is 0 Å². The number of hydrogen-bond donors (Lipinski definition) is 1. The number of rotatable bonds is 2. The van der Waals surface area contributed by atoms with E-state index in [4.69, 9.17) is 5.11 Å². The molecule has 1 aliphatic heterocycles. The second-order valence-corrected chi connectivity index (χ2v) is 2.94. The molecule has 12 heavy (non-hydrogen) atoms. The highest BCUT2D eigenvalue weighted by Gasteiger charge is 2.27. The van der Waals surface area contributed by atoms with Gasteiger partial charge in [0.1, 0.15) is 0 Å². The molecule has 4 nitrogen and oxygen atoms in total. The van der Waals surface area contributed by atoms with Crippen LogP contribution < -0.4 is 0 Å². The SMILES string of the molecule is CCC1CCCN1C(=O)OCO. The quantitative estimate of drug-likeness (QED) is 0.632. The van der Waals surface area contributed by atoms with Gasteiger partial charge in [0.15, 0.2) is 6.79 Å². The van der Waals surface area contributed by atoms with Crippen LogP contribution in [0.5, 0.6) is 0 Å². The molecular formula is C8H15NO3. The van der Waals surface area contributed by atoms with Crippen molar-refractivity contribution in [3.63, 3.8) is 0 Å². The van der Waals surface area contributed by atoms with Gasteiger partial charge in [0.05, 0.1) is 0 Å². The summed E-state index contributed by atoms with van der Waals surface area (Å²) in [5.41, 5.74) is 0. The van der Waals surface area contributed by atoms with Crippen molar-refractivity contribution in [2.45, 2.75) is 32.2 Å². The molecule has 1 unspecified atom stereocenters. The van der Waals surface area contributed by atoms with Gasteiger partial charge in [0.25, 0.3) is 0 Å². The van der Waals surface area contributed by atoms with Crippen molar-refractivity contribution < 1.29 is 14.6 Å². The van der Waals surface area contributed by atoms with Gasteiger partial charge >= 0.3 is 6.09 Å². The first-order valence-electron chi connectivity index (χ1n) is 4.33. The van der Waals surface area contributed by atoms with Crippen molar-refractivity contribution in [2.75, 3.05) is 13.3 Å². The van der Waals surface area contributed by atoms with Crippen LogP contribution in [0.25, 0.3) is 0 Å². The molecule has 0 saturated carbocycles. The van der Waals surface area contributed by atoms with Crippen LogP contribution in [0.15, 0.2) is 0 Å². The summed E-state index contributed by atoms with van der Waals surface area (Å²) in [6.07, 6.45) is 2.66. The molecule has 1 atom stereocenters. The Kier molecular flexibility index (Phi) is 3.34. The Hall–Kier alpha value is -0.770. The molecule has 0 aromatic carbocycles. The summed E-state index contributed by atoms with van der Waals surface area (Å²) in [6.45, 7) is 2.29. The van der Waals surface area contributed by atoms with E-state index in [1.165, 1.54) is 0 Å². The molecule has 1 heterocycles. The van der Waals surface area contributed by atoms with E-state index in [-0.39, 0.29) is 6.09 Å². The van der Waals surface area contributed by atoms with Gasteiger partial charge in [-0.15, -0.1) is 0 Å². The van der Waals surface area contributed by atoms with Gasteiger partial charge in [-0.2, -0.15) is 0 Å². The van der Waals surface area contributed by atoms with Gasteiger partial charge in [-0.1, -0.05) is 6.92 Å². The topological polar surface area (TPSA) is 49.8 Å². The second-order valence-electron chi connectivity index (χ2n) is 2.94. The predicted octanol–water partition coefficient (Wildman–Crippen LogP) is 0.947. The number of aliphatic hydroxyl groups excluding tert-OH is 1. The van der Waals surface area contributed by atoms with Crippen LogP contribution in [0.2, 0.25) is 0 Å². The first-order valence-corrected chi connectivity index (χ1v) is 4.33. The third-order valence-corrected chi connectivity index (χ3v) is 2.27. The largest absolute Gasteiger partial charge is 0.422 e. The lowest BCUT2D eigenvalue weighted by molar-refractivity contribution is 0.0199. The van der Waals surface area contributed by atoms with Crippen molar-refractivity contribution in [3.8, 4) is 0 Å². The monoisotopic (exact) mass is 173 g/mol. The van der Waals surface area contributed by atoms with Crippen molar-refractivity contribution >= 4 is 6.09 Å². The standard InChI is InChI=1S/C8H15NO3/c1-2-7-4-3-5-9(7)8(11)12-6-10/h7,10H,2-6H2,1H3. The fourth-order valence-corrected chi connectivity index (χ4v) is 1.64. The highest BCUT2D eigenvalue weighted by atomic mass is 16.6. The van der Waals surface area contributed by atoms with E-state index >= 15 is 0 Å². The fourth-order valence-electron chi connectivity index (χ4n) is 1.64. The average molecular weight is 173 g/mol. The van der Waals surface area contributed by atoms with Crippen LogP contribution in [0.3, 0.4) is 0 Å². The highest BCUT2D eigenvalue weighted by molar-refractivity contribution is 5.68. The Morgan fingerprint density at radius 3 is 3.08 bits per heavy atom. The molecule has 0 spiro atoms. The van der Waals surface area contributed by atoms with E-state index in [0.29, 0.717) is 6.04 Å². The Bertz CT molecular complexity index is 160. The van der Waals surface area contributed by atoms with E-state index < -0.39 is 6.79 Å². The maximum Gasteiger partial charge on any atom is 0.412 e. The predicted molar refractivity (Wildman–Crippen MR) is 43.6 cm³/mol.